The number of nitrogens with one attached hydrogen (secondary N) is 1. The molecule has 3 rings (SSSR count). The summed E-state index contributed by atoms with van der Waals surface area (Å²) in [5, 5.41) is 5.94. The molecular weight excluding hydrogens is 240 g/mol. The molecule has 100 valence electrons. The minimum absolute atomic E-state index is 0.501. The summed E-state index contributed by atoms with van der Waals surface area (Å²) in [6.45, 7) is 5.69. The normalized spacial score (nSPS) is 34.6. The van der Waals surface area contributed by atoms with Crippen molar-refractivity contribution >= 4 is 11.3 Å². The maximum absolute atomic E-state index is 4.53. The number of aromatic nitrogens is 1. The first-order valence-corrected chi connectivity index (χ1v) is 8.23. The van der Waals surface area contributed by atoms with Gasteiger partial charge in [-0.25, -0.2) is 4.98 Å². The number of fused-ring (bicyclic) bond motifs is 2. The fourth-order valence-electron chi connectivity index (χ4n) is 4.15. The Labute approximate surface area is 114 Å². The Kier molecular flexibility index (Phi) is 3.46. The molecule has 0 amide bonds. The second-order valence-electron chi connectivity index (χ2n) is 6.63. The van der Waals surface area contributed by atoms with Gasteiger partial charge in [0.25, 0.3) is 0 Å². The second kappa shape index (κ2) is 4.93. The van der Waals surface area contributed by atoms with E-state index >= 15 is 0 Å². The molecule has 3 atom stereocenters. The van der Waals surface area contributed by atoms with Crippen LogP contribution in [-0.2, 0) is 6.42 Å². The highest BCUT2D eigenvalue weighted by atomic mass is 32.1. The molecule has 0 radical (unpaired) electrons. The molecule has 0 aromatic carbocycles. The number of rotatable bonds is 5. The fraction of sp³-hybridized carbons (Fsp3) is 0.800. The number of hydrogen-bond donors (Lipinski definition) is 1. The van der Waals surface area contributed by atoms with Crippen molar-refractivity contribution in [3.63, 3.8) is 0 Å². The molecule has 18 heavy (non-hydrogen) atoms. The van der Waals surface area contributed by atoms with Gasteiger partial charge in [-0.05, 0) is 42.9 Å². The minimum Gasteiger partial charge on any atom is -0.314 e. The van der Waals surface area contributed by atoms with Crippen molar-refractivity contribution in [2.75, 3.05) is 6.54 Å². The van der Waals surface area contributed by atoms with Gasteiger partial charge < -0.3 is 5.32 Å². The summed E-state index contributed by atoms with van der Waals surface area (Å²) in [6, 6.07) is 0.594. The molecule has 2 bridgehead atoms. The summed E-state index contributed by atoms with van der Waals surface area (Å²) in [5.41, 5.74) is 3.80. The van der Waals surface area contributed by atoms with Gasteiger partial charge in [0.2, 0.25) is 0 Å². The monoisotopic (exact) mass is 264 g/mol. The van der Waals surface area contributed by atoms with Crippen LogP contribution in [0.15, 0.2) is 10.9 Å². The third-order valence-corrected chi connectivity index (χ3v) is 5.62. The van der Waals surface area contributed by atoms with Crippen LogP contribution in [0.4, 0.5) is 0 Å². The first-order valence-electron chi connectivity index (χ1n) is 7.28. The van der Waals surface area contributed by atoms with Gasteiger partial charge in [-0.15, -0.1) is 11.3 Å². The Balaban J connectivity index is 1.75. The van der Waals surface area contributed by atoms with E-state index in [2.05, 4.69) is 29.5 Å². The van der Waals surface area contributed by atoms with E-state index < -0.39 is 0 Å². The molecule has 1 N–H and O–H groups in total. The average molecular weight is 264 g/mol. The summed E-state index contributed by atoms with van der Waals surface area (Å²) >= 11 is 1.73. The Bertz CT molecular complexity index is 387. The van der Waals surface area contributed by atoms with E-state index in [9.17, 15) is 0 Å². The van der Waals surface area contributed by atoms with Crippen molar-refractivity contribution in [1.82, 2.24) is 10.3 Å². The van der Waals surface area contributed by atoms with E-state index in [1.807, 2.05) is 5.51 Å². The molecule has 2 aliphatic rings. The Morgan fingerprint density at radius 2 is 2.39 bits per heavy atom. The summed E-state index contributed by atoms with van der Waals surface area (Å²) < 4.78 is 0. The van der Waals surface area contributed by atoms with Gasteiger partial charge in [-0.3, -0.25) is 0 Å². The van der Waals surface area contributed by atoms with Gasteiger partial charge in [0.15, 0.2) is 0 Å². The van der Waals surface area contributed by atoms with Crippen molar-refractivity contribution in [1.29, 1.82) is 0 Å². The SMILES string of the molecule is CC(C)NCC1(Cc2cscn2)CC2CCC1C2. The van der Waals surface area contributed by atoms with E-state index in [0.29, 0.717) is 11.5 Å². The maximum Gasteiger partial charge on any atom is 0.0794 e. The minimum atomic E-state index is 0.501. The van der Waals surface area contributed by atoms with Crippen LogP contribution < -0.4 is 5.32 Å². The standard InChI is InChI=1S/C15H24N2S/c1-11(2)16-9-15(7-14-8-18-10-17-14)6-12-3-4-13(15)5-12/h8,10-13,16H,3-7,9H2,1-2H3. The van der Waals surface area contributed by atoms with Crippen molar-refractivity contribution in [3.8, 4) is 0 Å². The molecule has 1 heterocycles. The predicted molar refractivity (Wildman–Crippen MR) is 76.8 cm³/mol. The van der Waals surface area contributed by atoms with E-state index in [4.69, 9.17) is 0 Å². The van der Waals surface area contributed by atoms with Crippen LogP contribution >= 0.6 is 11.3 Å². The summed E-state index contributed by atoms with van der Waals surface area (Å²) in [7, 11) is 0. The van der Waals surface area contributed by atoms with Crippen molar-refractivity contribution in [2.45, 2.75) is 52.0 Å². The zero-order valence-electron chi connectivity index (χ0n) is 11.5. The lowest BCUT2D eigenvalue weighted by atomic mass is 9.70. The zero-order chi connectivity index (χ0) is 12.6. The average Bonchev–Trinajstić information content (AvgIpc) is 3.02. The highest BCUT2D eigenvalue weighted by molar-refractivity contribution is 7.07. The Morgan fingerprint density at radius 1 is 1.50 bits per heavy atom. The highest BCUT2D eigenvalue weighted by Crippen LogP contribution is 2.57. The fourth-order valence-corrected chi connectivity index (χ4v) is 4.70. The second-order valence-corrected chi connectivity index (χ2v) is 7.35. The van der Waals surface area contributed by atoms with E-state index in [0.717, 1.165) is 11.8 Å². The van der Waals surface area contributed by atoms with Crippen molar-refractivity contribution in [2.24, 2.45) is 17.3 Å². The predicted octanol–water partition coefficient (Wildman–Crippen LogP) is 3.49. The summed E-state index contributed by atoms with van der Waals surface area (Å²) in [6.07, 6.45) is 7.02. The topological polar surface area (TPSA) is 24.9 Å². The molecular formula is C15H24N2S. The molecule has 1 aromatic heterocycles. The molecule has 0 aliphatic heterocycles. The van der Waals surface area contributed by atoms with Gasteiger partial charge in [-0.2, -0.15) is 0 Å². The lowest BCUT2D eigenvalue weighted by Gasteiger charge is -2.38. The van der Waals surface area contributed by atoms with Crippen LogP contribution in [-0.4, -0.2) is 17.6 Å². The van der Waals surface area contributed by atoms with Crippen molar-refractivity contribution in [3.05, 3.63) is 16.6 Å². The molecule has 1 aromatic rings. The third-order valence-electron chi connectivity index (χ3n) is 4.98. The molecule has 0 spiro atoms. The van der Waals surface area contributed by atoms with Crippen molar-refractivity contribution < 1.29 is 0 Å². The lowest BCUT2D eigenvalue weighted by Crippen LogP contribution is -2.42. The number of nitrogens with zero attached hydrogens (tertiary/aromatic N) is 1. The highest BCUT2D eigenvalue weighted by Gasteiger charge is 2.50. The van der Waals surface area contributed by atoms with E-state index in [1.165, 1.54) is 44.3 Å². The van der Waals surface area contributed by atoms with Crippen LogP contribution in [0.25, 0.3) is 0 Å². The van der Waals surface area contributed by atoms with Gasteiger partial charge in [-0.1, -0.05) is 20.3 Å². The van der Waals surface area contributed by atoms with Gasteiger partial charge in [0.05, 0.1) is 11.2 Å². The molecule has 2 fully saturated rings. The lowest BCUT2D eigenvalue weighted by molar-refractivity contribution is 0.151. The quantitative estimate of drug-likeness (QED) is 0.880. The maximum atomic E-state index is 4.53. The van der Waals surface area contributed by atoms with Crippen LogP contribution in [0.5, 0.6) is 0 Å². The molecule has 3 heteroatoms. The number of thiazole rings is 1. The Morgan fingerprint density at radius 3 is 2.94 bits per heavy atom. The van der Waals surface area contributed by atoms with Gasteiger partial charge in [0.1, 0.15) is 0 Å². The van der Waals surface area contributed by atoms with Gasteiger partial charge in [0, 0.05) is 18.0 Å². The van der Waals surface area contributed by atoms with Crippen LogP contribution in [0, 0.1) is 17.3 Å². The number of hydrogen-bond acceptors (Lipinski definition) is 3. The third kappa shape index (κ3) is 2.35. The van der Waals surface area contributed by atoms with Crippen LogP contribution in [0.2, 0.25) is 0 Å². The first kappa shape index (κ1) is 12.6. The summed E-state index contributed by atoms with van der Waals surface area (Å²) in [4.78, 5) is 4.53. The molecule has 0 saturated heterocycles. The summed E-state index contributed by atoms with van der Waals surface area (Å²) in [5.74, 6) is 1.94. The van der Waals surface area contributed by atoms with Crippen LogP contribution in [0.3, 0.4) is 0 Å². The van der Waals surface area contributed by atoms with E-state index in [1.54, 1.807) is 11.3 Å². The molecule has 2 nitrogen and oxygen atoms in total. The Hall–Kier alpha value is -0.410. The molecule has 2 saturated carbocycles. The van der Waals surface area contributed by atoms with Gasteiger partial charge >= 0.3 is 0 Å². The van der Waals surface area contributed by atoms with Crippen LogP contribution in [0.1, 0.15) is 45.2 Å². The largest absolute Gasteiger partial charge is 0.314 e. The molecule has 2 aliphatic carbocycles. The van der Waals surface area contributed by atoms with E-state index in [-0.39, 0.29) is 0 Å². The smallest absolute Gasteiger partial charge is 0.0794 e. The first-order chi connectivity index (χ1) is 8.68. The molecule has 3 unspecified atom stereocenters. The zero-order valence-corrected chi connectivity index (χ0v) is 12.3.